The van der Waals surface area contributed by atoms with Crippen molar-refractivity contribution >= 4 is 46.2 Å². The number of nitrogens with zero attached hydrogens (tertiary/aromatic N) is 1. The standard InChI is InChI=1S/C40H34N2O2/c1-22-15-24(3)37(25(4)16-22)39-32-10-8-30(41-32)20-28-7-12-34(43)29(19-28)21-31-9-11-33(42-31)40(36-14-13-35(39)44-36)38-26(5)17-23(2)18-27(38)6/h7-21,41H,1-6H3. The number of H-pyrrole nitrogens is 1. The molecule has 7 rings (SSSR count). The van der Waals surface area contributed by atoms with E-state index in [-0.39, 0.29) is 5.78 Å². The van der Waals surface area contributed by atoms with Crippen molar-refractivity contribution in [2.75, 3.05) is 0 Å². The summed E-state index contributed by atoms with van der Waals surface area (Å²) in [6, 6.07) is 23.0. The molecule has 1 N–H and O–H groups in total. The fourth-order valence-electron chi connectivity index (χ4n) is 6.87. The summed E-state index contributed by atoms with van der Waals surface area (Å²) in [5.74, 6) is -0.0361. The molecule has 3 aromatic heterocycles. The Morgan fingerprint density at radius 3 is 1.86 bits per heavy atom. The van der Waals surface area contributed by atoms with E-state index in [4.69, 9.17) is 9.40 Å². The van der Waals surface area contributed by atoms with Gasteiger partial charge in [-0.05, 0) is 141 Å². The first-order valence-corrected chi connectivity index (χ1v) is 15.0. The van der Waals surface area contributed by atoms with Gasteiger partial charge in [0.15, 0.2) is 5.78 Å². The van der Waals surface area contributed by atoms with Crippen molar-refractivity contribution in [3.8, 4) is 22.3 Å². The number of nitrogens with one attached hydrogen (secondary N) is 1. The van der Waals surface area contributed by atoms with Crippen molar-refractivity contribution in [2.24, 2.45) is 0 Å². The number of benzene rings is 2. The van der Waals surface area contributed by atoms with E-state index in [1.807, 2.05) is 30.4 Å². The summed E-state index contributed by atoms with van der Waals surface area (Å²) in [6.07, 6.45) is 7.49. The maximum Gasteiger partial charge on any atom is 0.185 e. The lowest BCUT2D eigenvalue weighted by Crippen LogP contribution is -1.97. The van der Waals surface area contributed by atoms with Crippen LogP contribution in [0.3, 0.4) is 0 Å². The normalized spacial score (nSPS) is 12.6. The summed E-state index contributed by atoms with van der Waals surface area (Å²) in [5, 5.41) is 0. The van der Waals surface area contributed by atoms with Gasteiger partial charge >= 0.3 is 0 Å². The summed E-state index contributed by atoms with van der Waals surface area (Å²) >= 11 is 0. The molecule has 0 saturated carbocycles. The van der Waals surface area contributed by atoms with E-state index in [1.54, 1.807) is 6.08 Å². The Hall–Kier alpha value is -5.22. The molecule has 1 aliphatic heterocycles. The van der Waals surface area contributed by atoms with Crippen LogP contribution in [0.15, 0.2) is 77.2 Å². The van der Waals surface area contributed by atoms with Gasteiger partial charge in [0.05, 0.1) is 22.5 Å². The number of hydrogen-bond acceptors (Lipinski definition) is 3. The third-order valence-corrected chi connectivity index (χ3v) is 8.51. The van der Waals surface area contributed by atoms with Gasteiger partial charge in [-0.25, -0.2) is 4.98 Å². The summed E-state index contributed by atoms with van der Waals surface area (Å²) in [6.45, 7) is 12.9. The fourth-order valence-corrected chi connectivity index (χ4v) is 6.87. The van der Waals surface area contributed by atoms with E-state index >= 15 is 0 Å². The second-order valence-electron chi connectivity index (χ2n) is 12.1. The minimum Gasteiger partial charge on any atom is -0.456 e. The molecule has 4 heteroatoms. The molecule has 0 spiro atoms. The number of furan rings is 1. The van der Waals surface area contributed by atoms with Crippen molar-refractivity contribution in [2.45, 2.75) is 41.5 Å². The number of ketones is 1. The van der Waals surface area contributed by atoms with Crippen LogP contribution in [-0.2, 0) is 0 Å². The van der Waals surface area contributed by atoms with Gasteiger partial charge < -0.3 is 9.40 Å². The molecule has 0 atom stereocenters. The van der Waals surface area contributed by atoms with Crippen LogP contribution < -0.4 is 0 Å². The number of hydrogen-bond donors (Lipinski definition) is 1. The molecule has 5 aromatic rings. The highest BCUT2D eigenvalue weighted by Crippen LogP contribution is 2.39. The topological polar surface area (TPSA) is 58.9 Å². The quantitative estimate of drug-likeness (QED) is 0.224. The maximum atomic E-state index is 12.9. The van der Waals surface area contributed by atoms with Gasteiger partial charge in [0.2, 0.25) is 0 Å². The SMILES string of the molecule is Cc1cc(C)c(-c2c3nc(cc4cc(cc5ccc([nH]5)c(-c5c(C)cc(C)cc5C)c5ccc2o5)C=CC4=O)C=C3)c(C)c1. The number of carbonyl (C=O) groups is 1. The highest BCUT2D eigenvalue weighted by molar-refractivity contribution is 6.09. The van der Waals surface area contributed by atoms with Gasteiger partial charge in [0.25, 0.3) is 0 Å². The number of carbonyl (C=O) groups excluding carboxylic acids is 1. The van der Waals surface area contributed by atoms with Gasteiger partial charge in [-0.1, -0.05) is 41.5 Å². The average molecular weight is 575 g/mol. The molecular formula is C40H34N2O2. The molecule has 0 amide bonds. The highest BCUT2D eigenvalue weighted by Gasteiger charge is 2.19. The number of aromatic nitrogens is 2. The fraction of sp³-hybridized carbons (Fsp3) is 0.150. The zero-order valence-electron chi connectivity index (χ0n) is 25.9. The van der Waals surface area contributed by atoms with Crippen LogP contribution in [0, 0.1) is 41.5 Å². The molecule has 216 valence electrons. The second kappa shape index (κ2) is 10.5. The van der Waals surface area contributed by atoms with E-state index in [0.29, 0.717) is 5.56 Å². The molecule has 2 aromatic carbocycles. The van der Waals surface area contributed by atoms with Crippen molar-refractivity contribution in [3.63, 3.8) is 0 Å². The number of aromatic amines is 1. The van der Waals surface area contributed by atoms with Crippen LogP contribution in [0.1, 0.15) is 60.7 Å². The van der Waals surface area contributed by atoms with Gasteiger partial charge in [-0.3, -0.25) is 4.79 Å². The molecule has 0 saturated heterocycles. The van der Waals surface area contributed by atoms with E-state index in [0.717, 1.165) is 72.5 Å². The van der Waals surface area contributed by atoms with Gasteiger partial charge in [-0.2, -0.15) is 0 Å². The first-order valence-electron chi connectivity index (χ1n) is 15.0. The van der Waals surface area contributed by atoms with E-state index in [9.17, 15) is 4.79 Å². The van der Waals surface area contributed by atoms with Crippen molar-refractivity contribution < 1.29 is 9.21 Å². The Kier molecular flexibility index (Phi) is 6.58. The van der Waals surface area contributed by atoms with Crippen molar-refractivity contribution in [1.29, 1.82) is 0 Å². The first kappa shape index (κ1) is 27.6. The molecule has 4 heterocycles. The summed E-state index contributed by atoms with van der Waals surface area (Å²) in [7, 11) is 0. The Balaban J connectivity index is 1.69. The minimum atomic E-state index is -0.0361. The largest absolute Gasteiger partial charge is 0.456 e. The zero-order chi connectivity index (χ0) is 30.7. The van der Waals surface area contributed by atoms with E-state index in [1.165, 1.54) is 22.3 Å². The summed E-state index contributed by atoms with van der Waals surface area (Å²) in [4.78, 5) is 21.6. The number of allylic oxidation sites excluding steroid dienone is 1. The lowest BCUT2D eigenvalue weighted by molar-refractivity contribution is 0.104. The summed E-state index contributed by atoms with van der Waals surface area (Å²) < 4.78 is 6.89. The smallest absolute Gasteiger partial charge is 0.185 e. The molecule has 8 bridgehead atoms. The molecular weight excluding hydrogens is 540 g/mol. The van der Waals surface area contributed by atoms with Gasteiger partial charge in [0, 0.05) is 16.6 Å². The van der Waals surface area contributed by atoms with Crippen LogP contribution in [0.4, 0.5) is 0 Å². The van der Waals surface area contributed by atoms with Crippen molar-refractivity contribution in [3.05, 3.63) is 129 Å². The monoisotopic (exact) mass is 574 g/mol. The molecule has 0 radical (unpaired) electrons. The van der Waals surface area contributed by atoms with Crippen LogP contribution in [0.5, 0.6) is 0 Å². The molecule has 0 unspecified atom stereocenters. The van der Waals surface area contributed by atoms with Crippen LogP contribution in [-0.4, -0.2) is 15.8 Å². The third-order valence-electron chi connectivity index (χ3n) is 8.51. The predicted octanol–water partition coefficient (Wildman–Crippen LogP) is 10.4. The average Bonchev–Trinajstić information content (AvgIpc) is 3.72. The number of fused-ring (bicyclic) bond motifs is 8. The van der Waals surface area contributed by atoms with E-state index in [2.05, 4.69) is 101 Å². The molecule has 1 aliphatic carbocycles. The lowest BCUT2D eigenvalue weighted by atomic mass is 9.93. The zero-order valence-corrected chi connectivity index (χ0v) is 25.9. The maximum absolute atomic E-state index is 12.9. The first-order chi connectivity index (χ1) is 21.1. The lowest BCUT2D eigenvalue weighted by Gasteiger charge is -2.13. The summed E-state index contributed by atoms with van der Waals surface area (Å²) in [5.41, 5.74) is 17.8. The molecule has 0 fully saturated rings. The van der Waals surface area contributed by atoms with Crippen LogP contribution in [0.2, 0.25) is 0 Å². The second-order valence-corrected chi connectivity index (χ2v) is 12.1. The van der Waals surface area contributed by atoms with E-state index < -0.39 is 0 Å². The highest BCUT2D eigenvalue weighted by atomic mass is 16.3. The van der Waals surface area contributed by atoms with Crippen LogP contribution >= 0.6 is 0 Å². The number of rotatable bonds is 2. The van der Waals surface area contributed by atoms with Gasteiger partial charge in [0.1, 0.15) is 11.2 Å². The van der Waals surface area contributed by atoms with Crippen molar-refractivity contribution in [1.82, 2.24) is 9.97 Å². The van der Waals surface area contributed by atoms with Crippen LogP contribution in [0.25, 0.3) is 62.7 Å². The predicted molar refractivity (Wildman–Crippen MR) is 183 cm³/mol. The Labute approximate surface area is 257 Å². The minimum absolute atomic E-state index is 0.0361. The third kappa shape index (κ3) is 4.83. The Morgan fingerprint density at radius 1 is 0.591 bits per heavy atom. The number of aryl methyl sites for hydroxylation is 6. The molecule has 2 aliphatic rings. The Bertz CT molecular complexity index is 2210. The van der Waals surface area contributed by atoms with Gasteiger partial charge in [-0.15, -0.1) is 0 Å². The molecule has 44 heavy (non-hydrogen) atoms. The Morgan fingerprint density at radius 2 is 1.20 bits per heavy atom. The molecule has 4 nitrogen and oxygen atoms in total.